The molecular weight excluding hydrogens is 224 g/mol. The van der Waals surface area contributed by atoms with Gasteiger partial charge < -0.3 is 19.2 Å². The first-order valence-electron chi connectivity index (χ1n) is 5.93. The lowest BCUT2D eigenvalue weighted by Gasteiger charge is -2.35. The predicted molar refractivity (Wildman–Crippen MR) is 60.3 cm³/mol. The second-order valence-electron chi connectivity index (χ2n) is 4.62. The van der Waals surface area contributed by atoms with E-state index >= 15 is 0 Å². The minimum absolute atomic E-state index is 0.0993. The Morgan fingerprint density at radius 3 is 3.12 bits per heavy atom. The van der Waals surface area contributed by atoms with E-state index in [4.69, 9.17) is 14.4 Å². The molecule has 0 saturated carbocycles. The zero-order valence-corrected chi connectivity index (χ0v) is 9.49. The average molecular weight is 239 g/mol. The molecule has 3 rings (SSSR count). The second kappa shape index (κ2) is 4.06. The largest absolute Gasteiger partial charge is 0.506 e. The number of aliphatic hydroxyl groups is 1. The number of hydrogen-bond donors (Lipinski definition) is 2. The van der Waals surface area contributed by atoms with E-state index in [0.29, 0.717) is 19.8 Å². The van der Waals surface area contributed by atoms with Gasteiger partial charge in [-0.1, -0.05) is 11.5 Å². The SMILES string of the molecule is OCC[NH+]1CCO[B-]12OCc1cc(F)ccc12. The van der Waals surface area contributed by atoms with E-state index in [9.17, 15) is 4.39 Å². The van der Waals surface area contributed by atoms with Crippen LogP contribution in [-0.2, 0) is 15.9 Å². The summed E-state index contributed by atoms with van der Waals surface area (Å²) in [5.74, 6) is -0.248. The molecule has 0 aliphatic carbocycles. The maximum absolute atomic E-state index is 13.1. The van der Waals surface area contributed by atoms with E-state index in [1.165, 1.54) is 12.1 Å². The highest BCUT2D eigenvalue weighted by molar-refractivity contribution is 6.75. The standard InChI is InChI=1S/C11H15BFNO3/c13-10-1-2-11-9(7-10)8-17-12(11)14(3-5-15)4-6-16-12/h1-2,7,14-15H,3-6,8H2. The van der Waals surface area contributed by atoms with Crippen molar-refractivity contribution < 1.29 is 23.6 Å². The van der Waals surface area contributed by atoms with Crippen LogP contribution in [0.15, 0.2) is 18.2 Å². The first-order chi connectivity index (χ1) is 8.26. The van der Waals surface area contributed by atoms with Gasteiger partial charge in [-0.3, -0.25) is 0 Å². The Bertz CT molecular complexity index is 445. The van der Waals surface area contributed by atoms with Crippen LogP contribution in [-0.4, -0.2) is 38.1 Å². The first-order valence-corrected chi connectivity index (χ1v) is 5.93. The van der Waals surface area contributed by atoms with Gasteiger partial charge in [0.2, 0.25) is 0 Å². The molecule has 2 heterocycles. The molecule has 1 aromatic rings. The van der Waals surface area contributed by atoms with E-state index in [1.807, 2.05) is 0 Å². The third-order valence-electron chi connectivity index (χ3n) is 3.73. The summed E-state index contributed by atoms with van der Waals surface area (Å²) in [5, 5.41) is 9.08. The number of aliphatic hydroxyl groups excluding tert-OH is 1. The highest BCUT2D eigenvalue weighted by Gasteiger charge is 2.51. The molecule has 2 aliphatic rings. The van der Waals surface area contributed by atoms with Crippen LogP contribution >= 0.6 is 0 Å². The van der Waals surface area contributed by atoms with Gasteiger partial charge in [-0.25, -0.2) is 4.39 Å². The molecule has 4 nitrogen and oxygen atoms in total. The summed E-state index contributed by atoms with van der Waals surface area (Å²) in [6, 6.07) is 4.69. The zero-order valence-electron chi connectivity index (χ0n) is 9.49. The Morgan fingerprint density at radius 2 is 2.29 bits per heavy atom. The van der Waals surface area contributed by atoms with Crippen LogP contribution in [0.4, 0.5) is 4.39 Å². The van der Waals surface area contributed by atoms with Gasteiger partial charge in [0.25, 0.3) is 0 Å². The smallest absolute Gasteiger partial charge is 0.501 e. The number of halogens is 1. The lowest BCUT2D eigenvalue weighted by atomic mass is 9.63. The van der Waals surface area contributed by atoms with Gasteiger partial charge >= 0.3 is 6.69 Å². The molecule has 0 radical (unpaired) electrons. The molecule has 1 aromatic carbocycles. The van der Waals surface area contributed by atoms with Crippen molar-refractivity contribution in [2.45, 2.75) is 6.61 Å². The number of hydrogen-bond acceptors (Lipinski definition) is 3. The molecule has 6 heteroatoms. The Kier molecular flexibility index (Phi) is 2.67. The fraction of sp³-hybridized carbons (Fsp3) is 0.455. The Hall–Kier alpha value is -0.945. The summed E-state index contributed by atoms with van der Waals surface area (Å²) in [7, 11) is 0. The van der Waals surface area contributed by atoms with E-state index in [1.54, 1.807) is 6.07 Å². The van der Waals surface area contributed by atoms with Gasteiger partial charge in [0, 0.05) is 6.61 Å². The monoisotopic (exact) mass is 239 g/mol. The number of nitrogens with one attached hydrogen (secondary N) is 1. The van der Waals surface area contributed by atoms with Gasteiger partial charge in [0.1, 0.15) is 5.82 Å². The van der Waals surface area contributed by atoms with Crippen molar-refractivity contribution in [3.8, 4) is 0 Å². The van der Waals surface area contributed by atoms with Gasteiger partial charge in [-0.15, -0.1) is 0 Å². The normalized spacial score (nSPS) is 31.1. The molecule has 1 spiro atoms. The van der Waals surface area contributed by atoms with Crippen molar-refractivity contribution in [1.82, 2.24) is 0 Å². The van der Waals surface area contributed by atoms with Crippen LogP contribution in [0.2, 0.25) is 0 Å². The molecule has 0 amide bonds. The predicted octanol–water partition coefficient (Wildman–Crippen LogP) is -1.59. The fourth-order valence-electron chi connectivity index (χ4n) is 2.97. The third-order valence-corrected chi connectivity index (χ3v) is 3.73. The molecular formula is C11H15BFNO3. The van der Waals surface area contributed by atoms with Gasteiger partial charge in [0.15, 0.2) is 0 Å². The number of quaternary nitrogens is 1. The number of fused-ring (bicyclic) bond motifs is 2. The third kappa shape index (κ3) is 1.60. The summed E-state index contributed by atoms with van der Waals surface area (Å²) >= 11 is 0. The van der Waals surface area contributed by atoms with Crippen molar-refractivity contribution in [2.75, 3.05) is 26.3 Å². The Morgan fingerprint density at radius 1 is 1.41 bits per heavy atom. The minimum atomic E-state index is -1.57. The zero-order chi connectivity index (χ0) is 11.9. The van der Waals surface area contributed by atoms with E-state index in [-0.39, 0.29) is 12.4 Å². The Balaban J connectivity index is 2.01. The molecule has 17 heavy (non-hydrogen) atoms. The van der Waals surface area contributed by atoms with Crippen LogP contribution in [0, 0.1) is 5.82 Å². The number of rotatable bonds is 2. The summed E-state index contributed by atoms with van der Waals surface area (Å²) in [5.41, 5.74) is 1.81. The molecule has 2 N–H and O–H groups in total. The Labute approximate surface area is 98.9 Å². The van der Waals surface area contributed by atoms with Crippen molar-refractivity contribution in [1.29, 1.82) is 0 Å². The van der Waals surface area contributed by atoms with E-state index < -0.39 is 6.69 Å². The fourth-order valence-corrected chi connectivity index (χ4v) is 2.97. The first kappa shape index (κ1) is 11.2. The summed E-state index contributed by atoms with van der Waals surface area (Å²) < 4.78 is 24.8. The average Bonchev–Trinajstić information content (AvgIpc) is 2.87. The quantitative estimate of drug-likeness (QED) is 0.611. The van der Waals surface area contributed by atoms with Crippen molar-refractivity contribution in [3.63, 3.8) is 0 Å². The van der Waals surface area contributed by atoms with Crippen molar-refractivity contribution in [3.05, 3.63) is 29.6 Å². The topological polar surface area (TPSA) is 43.1 Å². The van der Waals surface area contributed by atoms with Crippen molar-refractivity contribution in [2.24, 2.45) is 0 Å². The van der Waals surface area contributed by atoms with E-state index in [0.717, 1.165) is 22.4 Å². The molecule has 0 bridgehead atoms. The maximum atomic E-state index is 13.1. The van der Waals surface area contributed by atoms with Crippen LogP contribution in [0.3, 0.4) is 0 Å². The molecule has 1 fully saturated rings. The molecule has 2 atom stereocenters. The maximum Gasteiger partial charge on any atom is 0.501 e. The highest BCUT2D eigenvalue weighted by Crippen LogP contribution is 2.19. The van der Waals surface area contributed by atoms with Crippen molar-refractivity contribution >= 4 is 12.1 Å². The summed E-state index contributed by atoms with van der Waals surface area (Å²) in [6.45, 7) is 0.950. The summed E-state index contributed by atoms with van der Waals surface area (Å²) in [4.78, 5) is 1.11. The highest BCUT2D eigenvalue weighted by atomic mass is 19.1. The van der Waals surface area contributed by atoms with Gasteiger partial charge in [0.05, 0.1) is 26.3 Å². The number of benzene rings is 1. The minimum Gasteiger partial charge on any atom is -0.506 e. The van der Waals surface area contributed by atoms with Crippen LogP contribution < -0.4 is 10.3 Å². The molecule has 0 aromatic heterocycles. The van der Waals surface area contributed by atoms with Gasteiger partial charge in [-0.2, -0.15) is 0 Å². The molecule has 1 saturated heterocycles. The molecule has 2 aliphatic heterocycles. The van der Waals surface area contributed by atoms with Gasteiger partial charge in [-0.05, 0) is 17.7 Å². The lowest BCUT2D eigenvalue weighted by molar-refractivity contribution is -0.798. The van der Waals surface area contributed by atoms with Crippen LogP contribution in [0.1, 0.15) is 5.56 Å². The van der Waals surface area contributed by atoms with Crippen LogP contribution in [0.25, 0.3) is 0 Å². The lowest BCUT2D eigenvalue weighted by Crippen LogP contribution is -3.23. The molecule has 92 valence electrons. The second-order valence-corrected chi connectivity index (χ2v) is 4.62. The van der Waals surface area contributed by atoms with E-state index in [2.05, 4.69) is 0 Å². The van der Waals surface area contributed by atoms with Crippen LogP contribution in [0.5, 0.6) is 0 Å². The summed E-state index contributed by atoms with van der Waals surface area (Å²) in [6.07, 6.45) is 0. The molecule has 2 unspecified atom stereocenters.